The largest absolute Gasteiger partial charge is 0.370 e. The first kappa shape index (κ1) is 11.3. The average molecular weight is 215 g/mol. The van der Waals surface area contributed by atoms with Gasteiger partial charge >= 0.3 is 0 Å². The van der Waals surface area contributed by atoms with Gasteiger partial charge < -0.3 is 4.90 Å². The molecule has 0 radical (unpaired) electrons. The molecular weight excluding hydrogens is 194 g/mol. The number of hydrogen-bond acceptors (Lipinski definition) is 1. The predicted octanol–water partition coefficient (Wildman–Crippen LogP) is 3.75. The standard InChI is InChI=1S/C15H21N/c1-3-7-15(4-2)16-11-10-13-8-5-6-9-14(13)12-16/h4-6,8-9H,3,7,10-12H2,1-2H3. The fourth-order valence-corrected chi connectivity index (χ4v) is 2.48. The van der Waals surface area contributed by atoms with Gasteiger partial charge in [-0.2, -0.15) is 0 Å². The van der Waals surface area contributed by atoms with E-state index in [0.717, 1.165) is 6.54 Å². The lowest BCUT2D eigenvalue weighted by Crippen LogP contribution is -2.29. The van der Waals surface area contributed by atoms with Gasteiger partial charge in [0.2, 0.25) is 0 Å². The van der Waals surface area contributed by atoms with E-state index in [2.05, 4.69) is 49.1 Å². The van der Waals surface area contributed by atoms with E-state index in [1.165, 1.54) is 42.6 Å². The molecule has 1 heteroatoms. The Morgan fingerprint density at radius 1 is 1.31 bits per heavy atom. The molecule has 0 saturated carbocycles. The normalized spacial score (nSPS) is 16.1. The van der Waals surface area contributed by atoms with Crippen LogP contribution in [-0.4, -0.2) is 11.4 Å². The molecule has 86 valence electrons. The Hall–Kier alpha value is -1.24. The van der Waals surface area contributed by atoms with Gasteiger partial charge in [0, 0.05) is 18.8 Å². The third-order valence-corrected chi connectivity index (χ3v) is 3.38. The summed E-state index contributed by atoms with van der Waals surface area (Å²) in [4.78, 5) is 2.53. The SMILES string of the molecule is CC=C(CCC)N1CCc2ccccc2C1. The fraction of sp³-hybridized carbons (Fsp3) is 0.467. The minimum absolute atomic E-state index is 1.09. The molecule has 2 rings (SSSR count). The summed E-state index contributed by atoms with van der Waals surface area (Å²) >= 11 is 0. The van der Waals surface area contributed by atoms with E-state index in [1.807, 2.05) is 0 Å². The van der Waals surface area contributed by atoms with Gasteiger partial charge in [-0.1, -0.05) is 43.7 Å². The Morgan fingerprint density at radius 2 is 2.06 bits per heavy atom. The molecule has 0 saturated heterocycles. The molecule has 0 fully saturated rings. The maximum atomic E-state index is 2.53. The molecule has 1 heterocycles. The second-order valence-electron chi connectivity index (χ2n) is 4.47. The Balaban J connectivity index is 2.13. The van der Waals surface area contributed by atoms with Crippen LogP contribution in [0.3, 0.4) is 0 Å². The minimum atomic E-state index is 1.09. The van der Waals surface area contributed by atoms with Crippen molar-refractivity contribution in [1.29, 1.82) is 0 Å². The van der Waals surface area contributed by atoms with Gasteiger partial charge in [0.1, 0.15) is 0 Å². The van der Waals surface area contributed by atoms with Crippen molar-refractivity contribution < 1.29 is 0 Å². The summed E-state index contributed by atoms with van der Waals surface area (Å²) in [6.45, 7) is 6.68. The Bertz CT molecular complexity index is 379. The van der Waals surface area contributed by atoms with Crippen LogP contribution in [-0.2, 0) is 13.0 Å². The summed E-state index contributed by atoms with van der Waals surface area (Å²) in [7, 11) is 0. The maximum absolute atomic E-state index is 2.53. The minimum Gasteiger partial charge on any atom is -0.370 e. The first-order valence-electron chi connectivity index (χ1n) is 6.32. The molecule has 0 spiro atoms. The zero-order valence-corrected chi connectivity index (χ0v) is 10.4. The maximum Gasteiger partial charge on any atom is 0.0429 e. The van der Waals surface area contributed by atoms with Crippen molar-refractivity contribution in [2.45, 2.75) is 39.7 Å². The van der Waals surface area contributed by atoms with Crippen LogP contribution in [0, 0.1) is 0 Å². The topological polar surface area (TPSA) is 3.24 Å². The van der Waals surface area contributed by atoms with Gasteiger partial charge in [0.15, 0.2) is 0 Å². The summed E-state index contributed by atoms with van der Waals surface area (Å²) in [5.41, 5.74) is 4.55. The highest BCUT2D eigenvalue weighted by Gasteiger charge is 2.16. The van der Waals surface area contributed by atoms with Crippen molar-refractivity contribution >= 4 is 0 Å². The van der Waals surface area contributed by atoms with E-state index >= 15 is 0 Å². The van der Waals surface area contributed by atoms with Crippen LogP contribution < -0.4 is 0 Å². The van der Waals surface area contributed by atoms with Crippen LogP contribution in [0.1, 0.15) is 37.8 Å². The quantitative estimate of drug-likeness (QED) is 0.742. The zero-order chi connectivity index (χ0) is 11.4. The van der Waals surface area contributed by atoms with Crippen molar-refractivity contribution in [2.75, 3.05) is 6.54 Å². The van der Waals surface area contributed by atoms with Crippen LogP contribution in [0.15, 0.2) is 36.0 Å². The second-order valence-corrected chi connectivity index (χ2v) is 4.47. The van der Waals surface area contributed by atoms with Gasteiger partial charge in [-0.15, -0.1) is 0 Å². The Labute approximate surface area is 98.8 Å². The van der Waals surface area contributed by atoms with Gasteiger partial charge in [-0.3, -0.25) is 0 Å². The molecule has 1 aliphatic rings. The van der Waals surface area contributed by atoms with E-state index in [-0.39, 0.29) is 0 Å². The lowest BCUT2D eigenvalue weighted by atomic mass is 9.99. The predicted molar refractivity (Wildman–Crippen MR) is 69.2 cm³/mol. The number of benzene rings is 1. The van der Waals surface area contributed by atoms with E-state index in [4.69, 9.17) is 0 Å². The number of nitrogens with zero attached hydrogens (tertiary/aromatic N) is 1. The van der Waals surface area contributed by atoms with Gasteiger partial charge in [-0.05, 0) is 30.9 Å². The molecule has 0 atom stereocenters. The van der Waals surface area contributed by atoms with Crippen LogP contribution in [0.2, 0.25) is 0 Å². The number of hydrogen-bond donors (Lipinski definition) is 0. The molecule has 0 aromatic heterocycles. The number of rotatable bonds is 3. The van der Waals surface area contributed by atoms with Crippen molar-refractivity contribution in [3.63, 3.8) is 0 Å². The van der Waals surface area contributed by atoms with E-state index in [9.17, 15) is 0 Å². The molecule has 1 nitrogen and oxygen atoms in total. The van der Waals surface area contributed by atoms with Gasteiger partial charge in [-0.25, -0.2) is 0 Å². The first-order valence-corrected chi connectivity index (χ1v) is 6.32. The molecule has 0 aliphatic carbocycles. The van der Waals surface area contributed by atoms with Crippen molar-refractivity contribution in [3.05, 3.63) is 47.2 Å². The molecule has 16 heavy (non-hydrogen) atoms. The van der Waals surface area contributed by atoms with Crippen molar-refractivity contribution in [3.8, 4) is 0 Å². The first-order chi connectivity index (χ1) is 7.85. The summed E-state index contributed by atoms with van der Waals surface area (Å²) in [5, 5.41) is 0. The highest BCUT2D eigenvalue weighted by molar-refractivity contribution is 5.30. The smallest absolute Gasteiger partial charge is 0.0429 e. The second kappa shape index (κ2) is 5.20. The van der Waals surface area contributed by atoms with Crippen LogP contribution in [0.25, 0.3) is 0 Å². The highest BCUT2D eigenvalue weighted by Crippen LogP contribution is 2.23. The summed E-state index contributed by atoms with van der Waals surface area (Å²) in [5.74, 6) is 0. The summed E-state index contributed by atoms with van der Waals surface area (Å²) in [6.07, 6.45) is 5.91. The molecule has 0 N–H and O–H groups in total. The van der Waals surface area contributed by atoms with Crippen LogP contribution in [0.4, 0.5) is 0 Å². The molecule has 1 aromatic rings. The highest BCUT2D eigenvalue weighted by atomic mass is 15.1. The van der Waals surface area contributed by atoms with Crippen LogP contribution in [0.5, 0.6) is 0 Å². The monoisotopic (exact) mass is 215 g/mol. The van der Waals surface area contributed by atoms with Crippen molar-refractivity contribution in [2.24, 2.45) is 0 Å². The molecule has 1 aromatic carbocycles. The van der Waals surface area contributed by atoms with Crippen LogP contribution >= 0.6 is 0 Å². The molecule has 0 amide bonds. The Kier molecular flexibility index (Phi) is 3.66. The zero-order valence-electron chi connectivity index (χ0n) is 10.4. The fourth-order valence-electron chi connectivity index (χ4n) is 2.48. The average Bonchev–Trinajstić information content (AvgIpc) is 2.35. The van der Waals surface area contributed by atoms with E-state index < -0.39 is 0 Å². The number of fused-ring (bicyclic) bond motifs is 1. The summed E-state index contributed by atoms with van der Waals surface area (Å²) < 4.78 is 0. The number of allylic oxidation sites excluding steroid dienone is 2. The van der Waals surface area contributed by atoms with Gasteiger partial charge in [0.25, 0.3) is 0 Å². The molecule has 0 bridgehead atoms. The Morgan fingerprint density at radius 3 is 2.75 bits per heavy atom. The van der Waals surface area contributed by atoms with Gasteiger partial charge in [0.05, 0.1) is 0 Å². The third kappa shape index (κ3) is 2.29. The lowest BCUT2D eigenvalue weighted by molar-refractivity contribution is 0.309. The third-order valence-electron chi connectivity index (χ3n) is 3.38. The van der Waals surface area contributed by atoms with E-state index in [1.54, 1.807) is 0 Å². The lowest BCUT2D eigenvalue weighted by Gasteiger charge is -2.32. The van der Waals surface area contributed by atoms with Crippen molar-refractivity contribution in [1.82, 2.24) is 4.90 Å². The van der Waals surface area contributed by atoms with E-state index in [0.29, 0.717) is 0 Å². The molecular formula is C15H21N. The summed E-state index contributed by atoms with van der Waals surface area (Å²) in [6, 6.07) is 8.83. The molecule has 0 unspecified atom stereocenters. The molecule has 1 aliphatic heterocycles.